The summed E-state index contributed by atoms with van der Waals surface area (Å²) in [5.41, 5.74) is 0.956. The van der Waals surface area contributed by atoms with Crippen molar-refractivity contribution in [2.24, 2.45) is 0 Å². The van der Waals surface area contributed by atoms with Gasteiger partial charge in [-0.05, 0) is 24.3 Å². The van der Waals surface area contributed by atoms with E-state index in [0.717, 1.165) is 11.3 Å². The van der Waals surface area contributed by atoms with E-state index >= 15 is 0 Å². The van der Waals surface area contributed by atoms with Gasteiger partial charge in [0.05, 0.1) is 34.1 Å². The van der Waals surface area contributed by atoms with Crippen LogP contribution in [0.15, 0.2) is 41.8 Å². The highest BCUT2D eigenvalue weighted by molar-refractivity contribution is 7.14. The molecule has 2 N–H and O–H groups in total. The summed E-state index contributed by atoms with van der Waals surface area (Å²) in [7, 11) is 6.04. The summed E-state index contributed by atoms with van der Waals surface area (Å²) in [6.07, 6.45) is 0. The lowest BCUT2D eigenvalue weighted by atomic mass is 10.2. The standard InChI is InChI=1S/C21H21N3O6S/c1-27-13-5-6-16(18(10-13)30-4)22-20(26)17-11-31-21(23-17)24-19(25)12-7-14(28-2)9-15(8-12)29-3/h5-11H,1-4H3,(H,22,26)(H,23,24,25). The number of ether oxygens (including phenoxy) is 4. The molecule has 1 heterocycles. The molecule has 0 spiro atoms. The predicted molar refractivity (Wildman–Crippen MR) is 117 cm³/mol. The second-order valence-electron chi connectivity index (χ2n) is 6.11. The zero-order valence-electron chi connectivity index (χ0n) is 17.3. The summed E-state index contributed by atoms with van der Waals surface area (Å²) in [5.74, 6) is 1.17. The van der Waals surface area contributed by atoms with Gasteiger partial charge >= 0.3 is 0 Å². The molecule has 3 aromatic rings. The Hall–Kier alpha value is -3.79. The maximum atomic E-state index is 12.6. The Bertz CT molecular complexity index is 1080. The van der Waals surface area contributed by atoms with Gasteiger partial charge in [0.2, 0.25) is 0 Å². The van der Waals surface area contributed by atoms with Crippen molar-refractivity contribution in [3.05, 3.63) is 53.0 Å². The highest BCUT2D eigenvalue weighted by atomic mass is 32.1. The van der Waals surface area contributed by atoms with Crippen LogP contribution in [0.4, 0.5) is 10.8 Å². The fourth-order valence-electron chi connectivity index (χ4n) is 2.63. The van der Waals surface area contributed by atoms with E-state index < -0.39 is 11.8 Å². The summed E-state index contributed by atoms with van der Waals surface area (Å²) in [4.78, 5) is 29.3. The predicted octanol–water partition coefficient (Wildman–Crippen LogP) is 3.68. The number of carbonyl (C=O) groups excluding carboxylic acids is 2. The quantitative estimate of drug-likeness (QED) is 0.547. The lowest BCUT2D eigenvalue weighted by molar-refractivity contribution is 0.101. The monoisotopic (exact) mass is 443 g/mol. The Labute approximate surface area is 182 Å². The molecule has 2 amide bonds. The second-order valence-corrected chi connectivity index (χ2v) is 6.97. The average Bonchev–Trinajstić information content (AvgIpc) is 3.27. The number of amides is 2. The van der Waals surface area contributed by atoms with E-state index in [2.05, 4.69) is 15.6 Å². The third kappa shape index (κ3) is 5.23. The minimum absolute atomic E-state index is 0.154. The van der Waals surface area contributed by atoms with Crippen molar-refractivity contribution in [1.82, 2.24) is 4.98 Å². The molecule has 0 radical (unpaired) electrons. The Kier molecular flexibility index (Phi) is 6.93. The third-order valence-corrected chi connectivity index (χ3v) is 4.99. The number of anilines is 2. The average molecular weight is 443 g/mol. The summed E-state index contributed by atoms with van der Waals surface area (Å²) >= 11 is 1.13. The zero-order chi connectivity index (χ0) is 22.4. The van der Waals surface area contributed by atoms with Crippen LogP contribution in [0, 0.1) is 0 Å². The number of methoxy groups -OCH3 is 4. The molecule has 1 aromatic heterocycles. The molecule has 9 nitrogen and oxygen atoms in total. The molecule has 162 valence electrons. The second kappa shape index (κ2) is 9.81. The normalized spacial score (nSPS) is 10.2. The molecule has 0 bridgehead atoms. The van der Waals surface area contributed by atoms with Crippen LogP contribution >= 0.6 is 11.3 Å². The number of carbonyl (C=O) groups is 2. The van der Waals surface area contributed by atoms with E-state index in [4.69, 9.17) is 18.9 Å². The first-order valence-corrected chi connectivity index (χ1v) is 9.88. The van der Waals surface area contributed by atoms with Crippen molar-refractivity contribution in [2.75, 3.05) is 39.1 Å². The molecule has 2 aromatic carbocycles. The van der Waals surface area contributed by atoms with Gasteiger partial charge in [-0.1, -0.05) is 0 Å². The van der Waals surface area contributed by atoms with Crippen LogP contribution in [-0.4, -0.2) is 45.2 Å². The van der Waals surface area contributed by atoms with Gasteiger partial charge in [0, 0.05) is 23.1 Å². The first-order chi connectivity index (χ1) is 15.0. The molecule has 3 rings (SSSR count). The van der Waals surface area contributed by atoms with E-state index in [9.17, 15) is 9.59 Å². The van der Waals surface area contributed by atoms with Gasteiger partial charge in [-0.15, -0.1) is 11.3 Å². The van der Waals surface area contributed by atoms with E-state index in [1.165, 1.54) is 21.3 Å². The zero-order valence-corrected chi connectivity index (χ0v) is 18.2. The van der Waals surface area contributed by atoms with Gasteiger partial charge in [0.1, 0.15) is 28.7 Å². The fraction of sp³-hybridized carbons (Fsp3) is 0.190. The van der Waals surface area contributed by atoms with E-state index in [1.807, 2.05) is 0 Å². The van der Waals surface area contributed by atoms with Crippen molar-refractivity contribution >= 4 is 34.0 Å². The van der Waals surface area contributed by atoms with Crippen molar-refractivity contribution in [3.63, 3.8) is 0 Å². The highest BCUT2D eigenvalue weighted by Crippen LogP contribution is 2.30. The lowest BCUT2D eigenvalue weighted by Gasteiger charge is -2.10. The fourth-order valence-corrected chi connectivity index (χ4v) is 3.32. The van der Waals surface area contributed by atoms with Gasteiger partial charge in [-0.25, -0.2) is 4.98 Å². The van der Waals surface area contributed by atoms with Crippen LogP contribution in [-0.2, 0) is 0 Å². The topological polar surface area (TPSA) is 108 Å². The van der Waals surface area contributed by atoms with Gasteiger partial charge in [-0.3, -0.25) is 14.9 Å². The Balaban J connectivity index is 1.72. The number of aromatic nitrogens is 1. The smallest absolute Gasteiger partial charge is 0.275 e. The van der Waals surface area contributed by atoms with E-state index in [0.29, 0.717) is 34.2 Å². The Morgan fingerprint density at radius 1 is 0.806 bits per heavy atom. The maximum absolute atomic E-state index is 12.6. The van der Waals surface area contributed by atoms with Crippen molar-refractivity contribution in [3.8, 4) is 23.0 Å². The third-order valence-electron chi connectivity index (χ3n) is 4.23. The SMILES string of the molecule is COc1cc(OC)cc(C(=O)Nc2nc(C(=O)Nc3ccc(OC)cc3OC)cs2)c1. The first-order valence-electron chi connectivity index (χ1n) is 9.00. The number of thiazole rings is 1. The number of nitrogens with one attached hydrogen (secondary N) is 2. The molecule has 0 aliphatic carbocycles. The number of rotatable bonds is 8. The summed E-state index contributed by atoms with van der Waals surface area (Å²) in [5, 5.41) is 7.24. The molecule has 0 atom stereocenters. The van der Waals surface area contributed by atoms with Gasteiger partial charge in [-0.2, -0.15) is 0 Å². The van der Waals surface area contributed by atoms with E-state index in [-0.39, 0.29) is 10.8 Å². The van der Waals surface area contributed by atoms with Crippen LogP contribution in [0.1, 0.15) is 20.8 Å². The van der Waals surface area contributed by atoms with Crippen LogP contribution in [0.3, 0.4) is 0 Å². The number of hydrogen-bond acceptors (Lipinski definition) is 8. The Morgan fingerprint density at radius 3 is 2.10 bits per heavy atom. The molecule has 0 fully saturated rings. The first kappa shape index (κ1) is 21.9. The number of hydrogen-bond donors (Lipinski definition) is 2. The van der Waals surface area contributed by atoms with Crippen LogP contribution in [0.2, 0.25) is 0 Å². The van der Waals surface area contributed by atoms with Crippen LogP contribution < -0.4 is 29.6 Å². The van der Waals surface area contributed by atoms with Gasteiger partial charge < -0.3 is 24.3 Å². The summed E-state index contributed by atoms with van der Waals surface area (Å²) in [6, 6.07) is 9.85. The molecule has 0 saturated carbocycles. The molecule has 0 unspecified atom stereocenters. The molecular weight excluding hydrogens is 422 g/mol. The van der Waals surface area contributed by atoms with Crippen LogP contribution in [0.25, 0.3) is 0 Å². The molecule has 0 aliphatic heterocycles. The molecule has 31 heavy (non-hydrogen) atoms. The molecule has 0 aliphatic rings. The lowest BCUT2D eigenvalue weighted by Crippen LogP contribution is -2.15. The van der Waals surface area contributed by atoms with Gasteiger partial charge in [0.15, 0.2) is 5.13 Å². The summed E-state index contributed by atoms with van der Waals surface area (Å²) < 4.78 is 20.8. The molecular formula is C21H21N3O6S. The van der Waals surface area contributed by atoms with Crippen molar-refractivity contribution in [2.45, 2.75) is 0 Å². The molecule has 10 heteroatoms. The maximum Gasteiger partial charge on any atom is 0.275 e. The molecule has 0 saturated heterocycles. The van der Waals surface area contributed by atoms with Gasteiger partial charge in [0.25, 0.3) is 11.8 Å². The minimum atomic E-state index is -0.441. The van der Waals surface area contributed by atoms with Crippen molar-refractivity contribution < 1.29 is 28.5 Å². The highest BCUT2D eigenvalue weighted by Gasteiger charge is 2.16. The van der Waals surface area contributed by atoms with Crippen LogP contribution in [0.5, 0.6) is 23.0 Å². The largest absolute Gasteiger partial charge is 0.497 e. The van der Waals surface area contributed by atoms with Crippen molar-refractivity contribution in [1.29, 1.82) is 0 Å². The summed E-state index contributed by atoms with van der Waals surface area (Å²) in [6.45, 7) is 0. The minimum Gasteiger partial charge on any atom is -0.497 e. The number of benzene rings is 2. The Morgan fingerprint density at radius 2 is 1.48 bits per heavy atom. The van der Waals surface area contributed by atoms with E-state index in [1.54, 1.807) is 48.9 Å². The number of nitrogens with zero attached hydrogens (tertiary/aromatic N) is 1.